The van der Waals surface area contributed by atoms with E-state index in [9.17, 15) is 23.1 Å². The van der Waals surface area contributed by atoms with Crippen molar-refractivity contribution in [1.82, 2.24) is 0 Å². The molecule has 0 amide bonds. The van der Waals surface area contributed by atoms with Crippen LogP contribution in [0.3, 0.4) is 0 Å². The number of carboxylic acid groups (broad SMARTS) is 1. The first-order valence-corrected chi connectivity index (χ1v) is 5.06. The largest absolute Gasteiger partial charge is 0.545 e. The minimum absolute atomic E-state index is 0.0160. The Bertz CT molecular complexity index is 532. The summed E-state index contributed by atoms with van der Waals surface area (Å²) in [7, 11) is 0. The van der Waals surface area contributed by atoms with Gasteiger partial charge in [-0.05, 0) is 24.6 Å². The van der Waals surface area contributed by atoms with Crippen molar-refractivity contribution in [2.75, 3.05) is 0 Å². The Labute approximate surface area is 100 Å². The molecule has 2 rings (SSSR count). The van der Waals surface area contributed by atoms with Crippen molar-refractivity contribution >= 4 is 12.0 Å². The molecule has 0 saturated heterocycles. The van der Waals surface area contributed by atoms with E-state index in [4.69, 9.17) is 4.74 Å². The van der Waals surface area contributed by atoms with Gasteiger partial charge in [0.05, 0.1) is 5.97 Å². The van der Waals surface area contributed by atoms with E-state index < -0.39 is 23.8 Å². The molecule has 0 aromatic heterocycles. The number of hydrogen-bond acceptors (Lipinski definition) is 3. The molecular formula is C12H8F3O3-. The van der Waals surface area contributed by atoms with Crippen LogP contribution in [0.2, 0.25) is 0 Å². The molecule has 96 valence electrons. The fourth-order valence-electron chi connectivity index (χ4n) is 1.77. The summed E-state index contributed by atoms with van der Waals surface area (Å²) in [6.45, 7) is 1.65. The number of fused-ring (bicyclic) bond motifs is 1. The predicted molar refractivity (Wildman–Crippen MR) is 54.6 cm³/mol. The number of aliphatic carboxylic acids is 1. The maximum absolute atomic E-state index is 12.7. The first-order valence-electron chi connectivity index (χ1n) is 5.06. The number of carbonyl (C=O) groups is 1. The van der Waals surface area contributed by atoms with Gasteiger partial charge in [-0.1, -0.05) is 12.1 Å². The minimum atomic E-state index is -4.80. The summed E-state index contributed by atoms with van der Waals surface area (Å²) in [5.41, 5.74) is 0.0494. The van der Waals surface area contributed by atoms with Crippen LogP contribution in [0, 0.1) is 6.92 Å². The van der Waals surface area contributed by atoms with E-state index in [1.165, 1.54) is 6.07 Å². The number of carbonyl (C=O) groups excluding carboxylic acids is 1. The van der Waals surface area contributed by atoms with Crippen LogP contribution in [-0.4, -0.2) is 18.2 Å². The first-order chi connectivity index (χ1) is 8.30. The van der Waals surface area contributed by atoms with Gasteiger partial charge in [-0.25, -0.2) is 0 Å². The van der Waals surface area contributed by atoms with Gasteiger partial charge in [0, 0.05) is 11.1 Å². The highest BCUT2D eigenvalue weighted by Gasteiger charge is 2.46. The van der Waals surface area contributed by atoms with E-state index in [1.807, 2.05) is 0 Å². The average molecular weight is 257 g/mol. The number of hydrogen-bond donors (Lipinski definition) is 0. The Morgan fingerprint density at radius 2 is 2.06 bits per heavy atom. The second kappa shape index (κ2) is 4.04. The lowest BCUT2D eigenvalue weighted by molar-refractivity contribution is -0.302. The van der Waals surface area contributed by atoms with Crippen LogP contribution < -0.4 is 9.84 Å². The van der Waals surface area contributed by atoms with Crippen molar-refractivity contribution in [1.29, 1.82) is 0 Å². The van der Waals surface area contributed by atoms with E-state index in [2.05, 4.69) is 0 Å². The molecular weight excluding hydrogens is 249 g/mol. The van der Waals surface area contributed by atoms with Crippen molar-refractivity contribution in [2.45, 2.75) is 19.2 Å². The summed E-state index contributed by atoms with van der Waals surface area (Å²) in [6, 6.07) is 4.56. The monoisotopic (exact) mass is 257 g/mol. The molecule has 1 aromatic carbocycles. The molecule has 1 aliphatic heterocycles. The SMILES string of the molecule is Cc1cccc2c1C=C(C(=O)[O-])C(C(F)(F)F)O2. The van der Waals surface area contributed by atoms with Crippen molar-refractivity contribution in [2.24, 2.45) is 0 Å². The van der Waals surface area contributed by atoms with Gasteiger partial charge in [0.15, 0.2) is 0 Å². The van der Waals surface area contributed by atoms with E-state index >= 15 is 0 Å². The summed E-state index contributed by atoms with van der Waals surface area (Å²) in [5, 5.41) is 10.8. The summed E-state index contributed by atoms with van der Waals surface area (Å²) >= 11 is 0. The van der Waals surface area contributed by atoms with Crippen molar-refractivity contribution in [3.8, 4) is 5.75 Å². The third kappa shape index (κ3) is 2.05. The Kier molecular flexibility index (Phi) is 2.80. The minimum Gasteiger partial charge on any atom is -0.545 e. The molecule has 1 unspecified atom stereocenters. The molecule has 6 heteroatoms. The molecule has 0 aliphatic carbocycles. The normalized spacial score (nSPS) is 18.7. The van der Waals surface area contributed by atoms with Crippen molar-refractivity contribution in [3.63, 3.8) is 0 Å². The summed E-state index contributed by atoms with van der Waals surface area (Å²) in [5.74, 6) is -1.87. The van der Waals surface area contributed by atoms with Gasteiger partial charge in [0.25, 0.3) is 0 Å². The van der Waals surface area contributed by atoms with Gasteiger partial charge < -0.3 is 14.6 Å². The van der Waals surface area contributed by atoms with Crippen LogP contribution in [0.4, 0.5) is 13.2 Å². The zero-order chi connectivity index (χ0) is 13.5. The standard InChI is InChI=1S/C12H9F3O3/c1-6-3-2-4-9-7(6)5-8(11(16)17)10(18-9)12(13,14)15/h2-5,10H,1H3,(H,16,17)/p-1. The lowest BCUT2D eigenvalue weighted by Crippen LogP contribution is -2.44. The molecule has 1 aliphatic rings. The molecule has 0 bridgehead atoms. The third-order valence-electron chi connectivity index (χ3n) is 2.64. The maximum Gasteiger partial charge on any atom is 0.429 e. The van der Waals surface area contributed by atoms with E-state index in [-0.39, 0.29) is 5.75 Å². The lowest BCUT2D eigenvalue weighted by atomic mass is 9.98. The molecule has 1 heterocycles. The Balaban J connectivity index is 2.57. The summed E-state index contributed by atoms with van der Waals surface area (Å²) < 4.78 is 42.8. The van der Waals surface area contributed by atoms with Gasteiger partial charge in [0.2, 0.25) is 6.10 Å². The predicted octanol–water partition coefficient (Wildman–Crippen LogP) is 1.45. The molecule has 0 radical (unpaired) electrons. The van der Waals surface area contributed by atoms with Crippen LogP contribution in [0.25, 0.3) is 6.08 Å². The van der Waals surface area contributed by atoms with Gasteiger partial charge in [-0.3, -0.25) is 0 Å². The molecule has 0 N–H and O–H groups in total. The molecule has 1 aromatic rings. The highest BCUT2D eigenvalue weighted by atomic mass is 19.4. The molecule has 18 heavy (non-hydrogen) atoms. The average Bonchev–Trinajstić information content (AvgIpc) is 2.26. The number of carboxylic acids is 1. The number of aryl methyl sites for hydroxylation is 1. The molecule has 0 fully saturated rings. The van der Waals surface area contributed by atoms with Crippen molar-refractivity contribution in [3.05, 3.63) is 34.9 Å². The van der Waals surface area contributed by atoms with Gasteiger partial charge >= 0.3 is 6.18 Å². The van der Waals surface area contributed by atoms with Crippen molar-refractivity contribution < 1.29 is 27.8 Å². The van der Waals surface area contributed by atoms with Crippen LogP contribution in [-0.2, 0) is 4.79 Å². The van der Waals surface area contributed by atoms with E-state index in [0.29, 0.717) is 11.1 Å². The maximum atomic E-state index is 12.7. The first kappa shape index (κ1) is 12.5. The number of benzene rings is 1. The quantitative estimate of drug-likeness (QED) is 0.765. The second-order valence-electron chi connectivity index (χ2n) is 3.91. The molecule has 3 nitrogen and oxygen atoms in total. The number of alkyl halides is 3. The topological polar surface area (TPSA) is 49.4 Å². The van der Waals surface area contributed by atoms with Gasteiger partial charge in [-0.15, -0.1) is 0 Å². The van der Waals surface area contributed by atoms with Gasteiger partial charge in [0.1, 0.15) is 5.75 Å². The second-order valence-corrected chi connectivity index (χ2v) is 3.91. The molecule has 0 spiro atoms. The fourth-order valence-corrected chi connectivity index (χ4v) is 1.77. The Morgan fingerprint density at radius 1 is 1.39 bits per heavy atom. The third-order valence-corrected chi connectivity index (χ3v) is 2.64. The highest BCUT2D eigenvalue weighted by molar-refractivity contribution is 5.93. The molecule has 1 atom stereocenters. The number of halogens is 3. The Morgan fingerprint density at radius 3 is 2.61 bits per heavy atom. The van der Waals surface area contributed by atoms with Crippen LogP contribution >= 0.6 is 0 Å². The highest BCUT2D eigenvalue weighted by Crippen LogP contribution is 2.37. The van der Waals surface area contributed by atoms with Crippen LogP contribution in [0.5, 0.6) is 5.75 Å². The Hall–Kier alpha value is -1.98. The number of rotatable bonds is 1. The lowest BCUT2D eigenvalue weighted by Gasteiger charge is -2.29. The zero-order valence-electron chi connectivity index (χ0n) is 9.25. The summed E-state index contributed by atoms with van der Waals surface area (Å²) in [6.07, 6.45) is -6.33. The zero-order valence-corrected chi connectivity index (χ0v) is 9.25. The van der Waals surface area contributed by atoms with Crippen LogP contribution in [0.1, 0.15) is 11.1 Å². The van der Waals surface area contributed by atoms with Crippen LogP contribution in [0.15, 0.2) is 23.8 Å². The van der Waals surface area contributed by atoms with E-state index in [0.717, 1.165) is 6.08 Å². The molecule has 0 saturated carbocycles. The summed E-state index contributed by atoms with van der Waals surface area (Å²) in [4.78, 5) is 10.8. The number of ether oxygens (including phenoxy) is 1. The van der Waals surface area contributed by atoms with E-state index in [1.54, 1.807) is 19.1 Å². The fraction of sp³-hybridized carbons (Fsp3) is 0.250. The smallest absolute Gasteiger partial charge is 0.429 e. The van der Waals surface area contributed by atoms with Gasteiger partial charge in [-0.2, -0.15) is 13.2 Å².